The van der Waals surface area contributed by atoms with Gasteiger partial charge in [0.05, 0.1) is 17.8 Å². The maximum Gasteiger partial charge on any atom is 0.358 e. The van der Waals surface area contributed by atoms with E-state index in [1.165, 1.54) is 0 Å². The second-order valence-electron chi connectivity index (χ2n) is 2.19. The van der Waals surface area contributed by atoms with E-state index in [4.69, 9.17) is 17.3 Å². The zero-order chi connectivity index (χ0) is 10.0. The second kappa shape index (κ2) is 3.57. The number of ether oxygens (including phenoxy) is 1. The molecule has 4 nitrogen and oxygen atoms in total. The minimum Gasteiger partial charge on any atom is -0.464 e. The van der Waals surface area contributed by atoms with Crippen molar-refractivity contribution in [1.82, 2.24) is 4.98 Å². The minimum absolute atomic E-state index is 0.0467. The number of hydrogen-bond donors (Lipinski definition) is 1. The highest BCUT2D eigenvalue weighted by Gasteiger charge is 2.16. The molecule has 0 aromatic carbocycles. The van der Waals surface area contributed by atoms with E-state index in [-0.39, 0.29) is 16.4 Å². The molecule has 1 aromatic rings. The number of aromatic nitrogens is 1. The van der Waals surface area contributed by atoms with Gasteiger partial charge in [0.15, 0.2) is 5.69 Å². The van der Waals surface area contributed by atoms with Gasteiger partial charge in [0.25, 0.3) is 0 Å². The third-order valence-electron chi connectivity index (χ3n) is 1.33. The number of hydrogen-bond acceptors (Lipinski definition) is 4. The Morgan fingerprint density at radius 1 is 1.77 bits per heavy atom. The van der Waals surface area contributed by atoms with Crippen molar-refractivity contribution in [1.29, 1.82) is 0 Å². The summed E-state index contributed by atoms with van der Waals surface area (Å²) in [6.45, 7) is 0. The molecule has 6 heteroatoms. The van der Waals surface area contributed by atoms with E-state index in [9.17, 15) is 9.18 Å². The first-order chi connectivity index (χ1) is 6.06. The molecule has 0 fully saturated rings. The second-order valence-corrected chi connectivity index (χ2v) is 2.57. The van der Waals surface area contributed by atoms with Crippen LogP contribution in [0.2, 0.25) is 5.02 Å². The molecule has 0 aliphatic rings. The van der Waals surface area contributed by atoms with E-state index in [1.807, 2.05) is 0 Å². The monoisotopic (exact) mass is 204 g/mol. The Kier molecular flexibility index (Phi) is 2.67. The molecule has 0 aliphatic heterocycles. The van der Waals surface area contributed by atoms with Gasteiger partial charge in [-0.25, -0.2) is 9.78 Å². The van der Waals surface area contributed by atoms with Gasteiger partial charge >= 0.3 is 5.97 Å². The quantitative estimate of drug-likeness (QED) is 0.552. The van der Waals surface area contributed by atoms with E-state index in [1.54, 1.807) is 0 Å². The third-order valence-corrected chi connectivity index (χ3v) is 1.73. The molecule has 0 saturated carbocycles. The number of nitrogens with zero attached hydrogens (tertiary/aromatic N) is 1. The Hall–Kier alpha value is -1.36. The molecule has 1 rings (SSSR count). The largest absolute Gasteiger partial charge is 0.464 e. The molecule has 0 bridgehead atoms. The summed E-state index contributed by atoms with van der Waals surface area (Å²) < 4.78 is 17.0. The van der Waals surface area contributed by atoms with Crippen LogP contribution in [0.1, 0.15) is 10.5 Å². The molecule has 1 aromatic heterocycles. The number of rotatable bonds is 1. The first-order valence-corrected chi connectivity index (χ1v) is 3.64. The molecule has 13 heavy (non-hydrogen) atoms. The SMILES string of the molecule is COC(=O)c1nc(F)cc(N)c1Cl. The molecule has 0 aliphatic carbocycles. The zero-order valence-electron chi connectivity index (χ0n) is 6.67. The molecule has 0 radical (unpaired) electrons. The van der Waals surface area contributed by atoms with Crippen LogP contribution in [-0.2, 0) is 4.74 Å². The maximum atomic E-state index is 12.6. The third kappa shape index (κ3) is 1.86. The Bertz CT molecular complexity index is 357. The smallest absolute Gasteiger partial charge is 0.358 e. The van der Waals surface area contributed by atoms with E-state index in [0.717, 1.165) is 13.2 Å². The van der Waals surface area contributed by atoms with Crippen LogP contribution in [0.25, 0.3) is 0 Å². The summed E-state index contributed by atoms with van der Waals surface area (Å²) in [6.07, 6.45) is 0. The van der Waals surface area contributed by atoms with Crippen LogP contribution in [0.3, 0.4) is 0 Å². The van der Waals surface area contributed by atoms with Gasteiger partial charge in [0.1, 0.15) is 0 Å². The molecule has 70 valence electrons. The standard InChI is InChI=1S/C7H6ClFN2O2/c1-13-7(12)6-5(8)3(10)2-4(9)11-6/h2H,1H3,(H2,10,11). The van der Waals surface area contributed by atoms with Gasteiger partial charge < -0.3 is 10.5 Å². The lowest BCUT2D eigenvalue weighted by molar-refractivity contribution is 0.0593. The molecular formula is C7H6ClFN2O2. The van der Waals surface area contributed by atoms with Crippen molar-refractivity contribution in [2.45, 2.75) is 0 Å². The van der Waals surface area contributed by atoms with Crippen LogP contribution in [0.4, 0.5) is 10.1 Å². The topological polar surface area (TPSA) is 65.2 Å². The predicted octanol–water partition coefficient (Wildman–Crippen LogP) is 1.24. The summed E-state index contributed by atoms with van der Waals surface area (Å²) in [7, 11) is 1.14. The summed E-state index contributed by atoms with van der Waals surface area (Å²) in [4.78, 5) is 14.2. The maximum absolute atomic E-state index is 12.6. The average molecular weight is 205 g/mol. The number of halogens is 2. The molecule has 0 saturated heterocycles. The average Bonchev–Trinajstić information content (AvgIpc) is 2.10. The fraction of sp³-hybridized carbons (Fsp3) is 0.143. The number of nitrogens with two attached hydrogens (primary N) is 1. The Morgan fingerprint density at radius 2 is 2.38 bits per heavy atom. The number of nitrogen functional groups attached to an aromatic ring is 1. The molecule has 1 heterocycles. The van der Waals surface area contributed by atoms with Gasteiger partial charge in [-0.05, 0) is 0 Å². The summed E-state index contributed by atoms with van der Waals surface area (Å²) in [5.41, 5.74) is 4.93. The highest BCUT2D eigenvalue weighted by molar-refractivity contribution is 6.35. The van der Waals surface area contributed by atoms with Gasteiger partial charge in [-0.3, -0.25) is 0 Å². The number of anilines is 1. The molecule has 0 atom stereocenters. The van der Waals surface area contributed by atoms with Crippen molar-refractivity contribution in [2.24, 2.45) is 0 Å². The normalized spacial score (nSPS) is 9.77. The summed E-state index contributed by atoms with van der Waals surface area (Å²) in [5.74, 6) is -1.70. The number of pyridine rings is 1. The van der Waals surface area contributed by atoms with Crippen LogP contribution in [0.15, 0.2) is 6.07 Å². The van der Waals surface area contributed by atoms with Crippen molar-refractivity contribution in [2.75, 3.05) is 12.8 Å². The highest BCUT2D eigenvalue weighted by Crippen LogP contribution is 2.22. The van der Waals surface area contributed by atoms with E-state index >= 15 is 0 Å². The molecule has 2 N–H and O–H groups in total. The van der Waals surface area contributed by atoms with Crippen LogP contribution in [0, 0.1) is 5.95 Å². The number of esters is 1. The summed E-state index contributed by atoms with van der Waals surface area (Å²) >= 11 is 5.58. The van der Waals surface area contributed by atoms with Crippen molar-refractivity contribution >= 4 is 23.3 Å². The fourth-order valence-electron chi connectivity index (χ4n) is 0.748. The van der Waals surface area contributed by atoms with Crippen molar-refractivity contribution in [3.05, 3.63) is 22.7 Å². The minimum atomic E-state index is -0.873. The number of carbonyl (C=O) groups is 1. The highest BCUT2D eigenvalue weighted by atomic mass is 35.5. The van der Waals surface area contributed by atoms with Gasteiger partial charge in [-0.15, -0.1) is 0 Å². The molecule has 0 spiro atoms. The first kappa shape index (κ1) is 9.73. The summed E-state index contributed by atoms with van der Waals surface area (Å²) in [6, 6.07) is 0.925. The van der Waals surface area contributed by atoms with Crippen molar-refractivity contribution < 1.29 is 13.9 Å². The van der Waals surface area contributed by atoms with Crippen LogP contribution >= 0.6 is 11.6 Å². The van der Waals surface area contributed by atoms with Crippen LogP contribution in [-0.4, -0.2) is 18.1 Å². The molecule has 0 amide bonds. The van der Waals surface area contributed by atoms with E-state index in [0.29, 0.717) is 0 Å². The number of carbonyl (C=O) groups excluding carboxylic acids is 1. The van der Waals surface area contributed by atoms with Crippen LogP contribution < -0.4 is 5.73 Å². The van der Waals surface area contributed by atoms with Gasteiger partial charge in [0.2, 0.25) is 5.95 Å². The van der Waals surface area contributed by atoms with Crippen LogP contribution in [0.5, 0.6) is 0 Å². The molecular weight excluding hydrogens is 199 g/mol. The molecule has 0 unspecified atom stereocenters. The van der Waals surface area contributed by atoms with Crippen molar-refractivity contribution in [3.8, 4) is 0 Å². The zero-order valence-corrected chi connectivity index (χ0v) is 7.43. The Labute approximate surface area is 78.5 Å². The van der Waals surface area contributed by atoms with Gasteiger partial charge in [-0.1, -0.05) is 11.6 Å². The fourth-order valence-corrected chi connectivity index (χ4v) is 0.922. The Morgan fingerprint density at radius 3 is 2.92 bits per heavy atom. The lowest BCUT2D eigenvalue weighted by atomic mass is 10.3. The lowest BCUT2D eigenvalue weighted by Crippen LogP contribution is -2.08. The lowest BCUT2D eigenvalue weighted by Gasteiger charge is -2.03. The first-order valence-electron chi connectivity index (χ1n) is 3.26. The van der Waals surface area contributed by atoms with Gasteiger partial charge in [-0.2, -0.15) is 4.39 Å². The number of methoxy groups -OCH3 is 1. The summed E-state index contributed by atoms with van der Waals surface area (Å²) in [5, 5.41) is -0.103. The van der Waals surface area contributed by atoms with Gasteiger partial charge in [0, 0.05) is 6.07 Å². The van der Waals surface area contributed by atoms with E-state index in [2.05, 4.69) is 9.72 Å². The van der Waals surface area contributed by atoms with E-state index < -0.39 is 11.9 Å². The van der Waals surface area contributed by atoms with Crippen molar-refractivity contribution in [3.63, 3.8) is 0 Å². The predicted molar refractivity (Wildman–Crippen MR) is 45.0 cm³/mol. The Balaban J connectivity index is 3.28.